The van der Waals surface area contributed by atoms with Crippen molar-refractivity contribution < 1.29 is 13.5 Å². The molecular weight excluding hydrogens is 256 g/mol. The van der Waals surface area contributed by atoms with Crippen LogP contribution in [-0.2, 0) is 17.1 Å². The molecule has 7 nitrogen and oxygen atoms in total. The molecule has 0 unspecified atom stereocenters. The van der Waals surface area contributed by atoms with Gasteiger partial charge in [0.15, 0.2) is 5.82 Å². The van der Waals surface area contributed by atoms with Crippen molar-refractivity contribution in [2.45, 2.75) is 31.7 Å². The van der Waals surface area contributed by atoms with Gasteiger partial charge in [0.05, 0.1) is 12.3 Å². The van der Waals surface area contributed by atoms with Gasteiger partial charge >= 0.3 is 0 Å². The number of aromatic nitrogens is 2. The Morgan fingerprint density at radius 3 is 2.39 bits per heavy atom. The standard InChI is InChI=1S/C10H20N4O3S/c1-7(2)14(5-6-15)18(16,17)9-8(3)13(4)12-10(9)11/h7,15H,5-6H2,1-4H3,(H2,11,12). The van der Waals surface area contributed by atoms with Gasteiger partial charge in [0.25, 0.3) is 0 Å². The summed E-state index contributed by atoms with van der Waals surface area (Å²) in [5.41, 5.74) is 6.14. The fourth-order valence-corrected chi connectivity index (χ4v) is 3.73. The van der Waals surface area contributed by atoms with Crippen molar-refractivity contribution in [1.29, 1.82) is 0 Å². The highest BCUT2D eigenvalue weighted by Crippen LogP contribution is 2.26. The zero-order valence-electron chi connectivity index (χ0n) is 11.1. The Balaban J connectivity index is 3.35. The summed E-state index contributed by atoms with van der Waals surface area (Å²) in [7, 11) is -2.10. The Morgan fingerprint density at radius 2 is 2.06 bits per heavy atom. The molecule has 0 fully saturated rings. The van der Waals surface area contributed by atoms with E-state index in [2.05, 4.69) is 5.10 Å². The number of nitrogens with two attached hydrogens (primary N) is 1. The van der Waals surface area contributed by atoms with E-state index < -0.39 is 10.0 Å². The molecule has 8 heteroatoms. The first-order valence-corrected chi connectivity index (χ1v) is 7.09. The summed E-state index contributed by atoms with van der Waals surface area (Å²) < 4.78 is 27.6. The van der Waals surface area contributed by atoms with E-state index in [-0.39, 0.29) is 29.9 Å². The molecule has 0 atom stereocenters. The molecule has 1 aromatic heterocycles. The van der Waals surface area contributed by atoms with Gasteiger partial charge in [0, 0.05) is 19.6 Å². The quantitative estimate of drug-likeness (QED) is 0.769. The number of aryl methyl sites for hydroxylation is 1. The van der Waals surface area contributed by atoms with E-state index >= 15 is 0 Å². The van der Waals surface area contributed by atoms with Crippen LogP contribution in [0.4, 0.5) is 5.82 Å². The number of sulfonamides is 1. The maximum Gasteiger partial charge on any atom is 0.248 e. The average Bonchev–Trinajstić information content (AvgIpc) is 2.49. The lowest BCUT2D eigenvalue weighted by Crippen LogP contribution is -2.39. The third-order valence-corrected chi connectivity index (χ3v) is 5.01. The van der Waals surface area contributed by atoms with E-state index in [4.69, 9.17) is 10.8 Å². The first-order chi connectivity index (χ1) is 8.23. The number of rotatable bonds is 5. The summed E-state index contributed by atoms with van der Waals surface area (Å²) >= 11 is 0. The number of nitrogens with zero attached hydrogens (tertiary/aromatic N) is 3. The van der Waals surface area contributed by atoms with Gasteiger partial charge < -0.3 is 10.8 Å². The van der Waals surface area contributed by atoms with E-state index in [1.807, 2.05) is 0 Å². The summed E-state index contributed by atoms with van der Waals surface area (Å²) in [4.78, 5) is 0.0205. The molecule has 1 aromatic rings. The number of aliphatic hydroxyl groups is 1. The van der Waals surface area contributed by atoms with Crippen LogP contribution in [0.25, 0.3) is 0 Å². The average molecular weight is 276 g/mol. The molecule has 3 N–H and O–H groups in total. The SMILES string of the molecule is Cc1c(S(=O)(=O)N(CCO)C(C)C)c(N)nn1C. The zero-order chi connectivity index (χ0) is 14.1. The molecule has 0 amide bonds. The molecule has 0 aromatic carbocycles. The van der Waals surface area contributed by atoms with Gasteiger partial charge in [-0.2, -0.15) is 9.40 Å². The second-order valence-electron chi connectivity index (χ2n) is 4.36. The second-order valence-corrected chi connectivity index (χ2v) is 6.18. The van der Waals surface area contributed by atoms with E-state index in [9.17, 15) is 8.42 Å². The molecule has 0 aliphatic carbocycles. The molecule has 0 bridgehead atoms. The van der Waals surface area contributed by atoms with Gasteiger partial charge in [-0.25, -0.2) is 8.42 Å². The Bertz CT molecular complexity index is 521. The van der Waals surface area contributed by atoms with Crippen LogP contribution in [0, 0.1) is 6.92 Å². The van der Waals surface area contributed by atoms with Gasteiger partial charge in [-0.3, -0.25) is 4.68 Å². The molecule has 0 radical (unpaired) electrons. The van der Waals surface area contributed by atoms with Gasteiger partial charge in [-0.05, 0) is 20.8 Å². The molecular formula is C10H20N4O3S. The number of aliphatic hydroxyl groups excluding tert-OH is 1. The highest BCUT2D eigenvalue weighted by atomic mass is 32.2. The molecule has 0 spiro atoms. The van der Waals surface area contributed by atoms with Gasteiger partial charge in [0.1, 0.15) is 4.90 Å². The van der Waals surface area contributed by atoms with Crippen LogP contribution in [-0.4, -0.2) is 46.8 Å². The van der Waals surface area contributed by atoms with Crippen molar-refractivity contribution in [3.8, 4) is 0 Å². The van der Waals surface area contributed by atoms with Crippen molar-refractivity contribution in [2.24, 2.45) is 7.05 Å². The molecule has 1 rings (SSSR count). The Morgan fingerprint density at radius 1 is 1.50 bits per heavy atom. The topological polar surface area (TPSA) is 101 Å². The number of anilines is 1. The van der Waals surface area contributed by atoms with Gasteiger partial charge in [0.2, 0.25) is 10.0 Å². The second kappa shape index (κ2) is 5.25. The zero-order valence-corrected chi connectivity index (χ0v) is 11.9. The number of nitrogen functional groups attached to an aromatic ring is 1. The smallest absolute Gasteiger partial charge is 0.248 e. The van der Waals surface area contributed by atoms with Crippen LogP contribution in [0.2, 0.25) is 0 Å². The van der Waals surface area contributed by atoms with Crippen molar-refractivity contribution in [1.82, 2.24) is 14.1 Å². The number of hydrogen-bond acceptors (Lipinski definition) is 5. The minimum absolute atomic E-state index is 0.0152. The van der Waals surface area contributed by atoms with Crippen LogP contribution >= 0.6 is 0 Å². The summed E-state index contributed by atoms with van der Waals surface area (Å²) in [5.74, 6) is -0.0152. The fraction of sp³-hybridized carbons (Fsp3) is 0.700. The minimum Gasteiger partial charge on any atom is -0.395 e. The molecule has 104 valence electrons. The normalized spacial score (nSPS) is 12.6. The van der Waals surface area contributed by atoms with Crippen molar-refractivity contribution in [3.05, 3.63) is 5.69 Å². The summed E-state index contributed by atoms with van der Waals surface area (Å²) in [6.45, 7) is 4.93. The Kier molecular flexibility index (Phi) is 4.36. The lowest BCUT2D eigenvalue weighted by atomic mass is 10.4. The van der Waals surface area contributed by atoms with Crippen molar-refractivity contribution >= 4 is 15.8 Å². The predicted molar refractivity (Wildman–Crippen MR) is 68.5 cm³/mol. The summed E-state index contributed by atoms with van der Waals surface area (Å²) in [6, 6.07) is -0.263. The van der Waals surface area contributed by atoms with Crippen LogP contribution in [0.1, 0.15) is 19.5 Å². The fourth-order valence-electron chi connectivity index (χ4n) is 1.80. The highest BCUT2D eigenvalue weighted by Gasteiger charge is 2.32. The van der Waals surface area contributed by atoms with Gasteiger partial charge in [-0.15, -0.1) is 0 Å². The Labute approximate surface area is 107 Å². The highest BCUT2D eigenvalue weighted by molar-refractivity contribution is 7.89. The summed E-state index contributed by atoms with van der Waals surface area (Å²) in [5, 5.41) is 12.9. The first-order valence-electron chi connectivity index (χ1n) is 5.65. The molecule has 0 aliphatic rings. The lowest BCUT2D eigenvalue weighted by molar-refractivity contribution is 0.236. The third kappa shape index (κ3) is 2.50. The Hall–Kier alpha value is -1.12. The molecule has 18 heavy (non-hydrogen) atoms. The van der Waals surface area contributed by atoms with E-state index in [0.717, 1.165) is 0 Å². The van der Waals surface area contributed by atoms with Gasteiger partial charge in [-0.1, -0.05) is 0 Å². The first kappa shape index (κ1) is 14.9. The van der Waals surface area contributed by atoms with E-state index in [0.29, 0.717) is 5.69 Å². The monoisotopic (exact) mass is 276 g/mol. The predicted octanol–water partition coefficient (Wildman–Crippen LogP) is -0.298. The lowest BCUT2D eigenvalue weighted by Gasteiger charge is -2.25. The maximum atomic E-state index is 12.5. The van der Waals surface area contributed by atoms with E-state index in [1.54, 1.807) is 27.8 Å². The van der Waals surface area contributed by atoms with Crippen molar-refractivity contribution in [2.75, 3.05) is 18.9 Å². The molecule has 0 aliphatic heterocycles. The third-order valence-electron chi connectivity index (χ3n) is 2.77. The van der Waals surface area contributed by atoms with Crippen molar-refractivity contribution in [3.63, 3.8) is 0 Å². The maximum absolute atomic E-state index is 12.5. The van der Waals surface area contributed by atoms with Crippen LogP contribution in [0.15, 0.2) is 4.90 Å². The largest absolute Gasteiger partial charge is 0.395 e. The summed E-state index contributed by atoms with van der Waals surface area (Å²) in [6.07, 6.45) is 0. The number of hydrogen-bond donors (Lipinski definition) is 2. The van der Waals surface area contributed by atoms with E-state index in [1.165, 1.54) is 8.99 Å². The van der Waals surface area contributed by atoms with Crippen LogP contribution in [0.3, 0.4) is 0 Å². The molecule has 0 saturated heterocycles. The molecule has 0 saturated carbocycles. The van der Waals surface area contributed by atoms with Crippen LogP contribution < -0.4 is 5.73 Å². The minimum atomic E-state index is -3.74. The molecule has 1 heterocycles. The van der Waals surface area contributed by atoms with Crippen LogP contribution in [0.5, 0.6) is 0 Å².